The zero-order valence-electron chi connectivity index (χ0n) is 25.0. The highest BCUT2D eigenvalue weighted by Gasteiger charge is 2.53. The number of rotatable bonds is 11. The highest BCUT2D eigenvalue weighted by atomic mass is 32.2. The van der Waals surface area contributed by atoms with Crippen molar-refractivity contribution in [2.75, 3.05) is 13.7 Å². The molecular formula is C29H31N5O10S. The Kier molecular flexibility index (Phi) is 11.2. The average molecular weight is 642 g/mol. The van der Waals surface area contributed by atoms with Crippen LogP contribution in [-0.2, 0) is 42.9 Å². The molecule has 1 fully saturated rings. The fourth-order valence-corrected chi connectivity index (χ4v) is 5.39. The molecule has 45 heavy (non-hydrogen) atoms. The van der Waals surface area contributed by atoms with Crippen molar-refractivity contribution in [3.63, 3.8) is 0 Å². The van der Waals surface area contributed by atoms with E-state index >= 15 is 0 Å². The van der Waals surface area contributed by atoms with Gasteiger partial charge in [0.15, 0.2) is 29.6 Å². The number of thioether (sulfide) groups is 1. The Balaban J connectivity index is 1.77. The van der Waals surface area contributed by atoms with E-state index in [1.165, 1.54) is 18.5 Å². The fourth-order valence-electron chi connectivity index (χ4n) is 4.32. The van der Waals surface area contributed by atoms with Crippen molar-refractivity contribution < 1.29 is 47.6 Å². The van der Waals surface area contributed by atoms with E-state index in [2.05, 4.69) is 20.3 Å². The van der Waals surface area contributed by atoms with Crippen LogP contribution in [0.15, 0.2) is 59.0 Å². The lowest BCUT2D eigenvalue weighted by Crippen LogP contribution is -2.61. The zero-order chi connectivity index (χ0) is 32.5. The Morgan fingerprint density at radius 2 is 1.58 bits per heavy atom. The number of ether oxygens (including phenoxy) is 6. The van der Waals surface area contributed by atoms with Gasteiger partial charge in [-0.1, -0.05) is 0 Å². The van der Waals surface area contributed by atoms with E-state index in [4.69, 9.17) is 28.4 Å². The molecule has 3 heterocycles. The van der Waals surface area contributed by atoms with Crippen LogP contribution in [-0.4, -0.2) is 93.5 Å². The van der Waals surface area contributed by atoms with Gasteiger partial charge in [-0.2, -0.15) is 9.78 Å². The second kappa shape index (κ2) is 15.3. The Morgan fingerprint density at radius 3 is 2.18 bits per heavy atom. The Morgan fingerprint density at radius 1 is 0.911 bits per heavy atom. The molecule has 16 heteroatoms. The van der Waals surface area contributed by atoms with E-state index in [1.807, 2.05) is 12.1 Å². The van der Waals surface area contributed by atoms with Crippen LogP contribution in [0.3, 0.4) is 0 Å². The number of benzene rings is 1. The van der Waals surface area contributed by atoms with E-state index in [0.29, 0.717) is 17.1 Å². The number of methoxy groups -OCH3 is 1. The molecule has 4 rings (SSSR count). The molecule has 2 aromatic heterocycles. The van der Waals surface area contributed by atoms with Gasteiger partial charge >= 0.3 is 23.9 Å². The fraction of sp³-hybridized carbons (Fsp3) is 0.379. The quantitative estimate of drug-likeness (QED) is 0.169. The number of hydrogen-bond acceptors (Lipinski definition) is 15. The van der Waals surface area contributed by atoms with Crippen molar-refractivity contribution in [3.05, 3.63) is 54.4 Å². The molecule has 1 aliphatic rings. The predicted octanol–water partition coefficient (Wildman–Crippen LogP) is 2.41. The molecule has 3 aromatic rings. The maximum atomic E-state index is 12.3. The van der Waals surface area contributed by atoms with Crippen molar-refractivity contribution in [1.82, 2.24) is 19.9 Å². The third kappa shape index (κ3) is 8.86. The molecule has 0 aliphatic carbocycles. The smallest absolute Gasteiger partial charge is 0.303 e. The Labute approximate surface area is 262 Å². The Bertz CT molecular complexity index is 1530. The van der Waals surface area contributed by atoms with Gasteiger partial charge in [0.05, 0.1) is 13.3 Å². The maximum absolute atomic E-state index is 12.3. The minimum absolute atomic E-state index is 0.194. The summed E-state index contributed by atoms with van der Waals surface area (Å²) in [4.78, 5) is 52.3. The van der Waals surface area contributed by atoms with Gasteiger partial charge in [-0.3, -0.25) is 24.2 Å². The number of hydrogen-bond donors (Lipinski definition) is 0. The monoisotopic (exact) mass is 641 g/mol. The molecule has 0 radical (unpaired) electrons. The van der Waals surface area contributed by atoms with Crippen LogP contribution in [0.4, 0.5) is 0 Å². The number of nitrogens with zero attached hydrogens (tertiary/aromatic N) is 5. The molecule has 0 amide bonds. The molecule has 0 bridgehead atoms. The summed E-state index contributed by atoms with van der Waals surface area (Å²) in [6, 6.07) is 10.7. The first-order valence-electron chi connectivity index (χ1n) is 13.6. The van der Waals surface area contributed by atoms with Crippen LogP contribution in [0, 0.1) is 0 Å². The Hall–Kier alpha value is -4.83. The van der Waals surface area contributed by atoms with Crippen molar-refractivity contribution in [3.8, 4) is 17.1 Å². The molecule has 0 N–H and O–H groups in total. The first kappa shape index (κ1) is 33.1. The summed E-state index contributed by atoms with van der Waals surface area (Å²) in [5, 5.41) is 13.4. The first-order valence-corrected chi connectivity index (χ1v) is 14.4. The normalized spacial score (nSPS) is 21.1. The number of esters is 4. The van der Waals surface area contributed by atoms with Gasteiger partial charge in [0.25, 0.3) is 0 Å². The van der Waals surface area contributed by atoms with Crippen LogP contribution in [0.25, 0.3) is 11.4 Å². The standard InChI is InChI=1S/C29H31N5O10S/c1-16(35)40-15-23-24(41-17(2)36)25(42-18(3)37)26(43-19(4)38)28(44-23)45-29-33-32-27(21-7-6-12-30-14-21)34(29)31-13-20-8-10-22(39-5)11-9-20/h6-14,23-26,28H,15H2,1-5H3/b31-13+/t23-,24-,25+,26-,28+/m1/s1. The maximum Gasteiger partial charge on any atom is 0.303 e. The van der Waals surface area contributed by atoms with Gasteiger partial charge in [-0.15, -0.1) is 10.2 Å². The first-order chi connectivity index (χ1) is 21.5. The summed E-state index contributed by atoms with van der Waals surface area (Å²) < 4.78 is 34.6. The lowest BCUT2D eigenvalue weighted by atomic mass is 9.99. The lowest BCUT2D eigenvalue weighted by molar-refractivity contribution is -0.237. The third-order valence-corrected chi connectivity index (χ3v) is 7.22. The van der Waals surface area contributed by atoms with Crippen molar-refractivity contribution in [1.29, 1.82) is 0 Å². The highest BCUT2D eigenvalue weighted by molar-refractivity contribution is 7.99. The average Bonchev–Trinajstić information content (AvgIpc) is 3.40. The molecule has 15 nitrogen and oxygen atoms in total. The van der Waals surface area contributed by atoms with Crippen molar-refractivity contribution >= 4 is 41.9 Å². The van der Waals surface area contributed by atoms with E-state index in [-0.39, 0.29) is 11.8 Å². The largest absolute Gasteiger partial charge is 0.497 e. The topological polar surface area (TPSA) is 180 Å². The van der Waals surface area contributed by atoms with Crippen LogP contribution >= 0.6 is 11.8 Å². The van der Waals surface area contributed by atoms with E-state index in [1.54, 1.807) is 50.0 Å². The molecule has 5 atom stereocenters. The van der Waals surface area contributed by atoms with Gasteiger partial charge in [-0.25, -0.2) is 0 Å². The number of carbonyl (C=O) groups is 4. The van der Waals surface area contributed by atoms with Gasteiger partial charge in [0, 0.05) is 45.7 Å². The van der Waals surface area contributed by atoms with Gasteiger partial charge in [0.1, 0.15) is 18.5 Å². The molecule has 1 aliphatic heterocycles. The van der Waals surface area contributed by atoms with Gasteiger partial charge in [-0.05, 0) is 53.7 Å². The molecule has 238 valence electrons. The summed E-state index contributed by atoms with van der Waals surface area (Å²) >= 11 is 0.951. The number of aromatic nitrogens is 4. The lowest BCUT2D eigenvalue weighted by Gasteiger charge is -2.43. The van der Waals surface area contributed by atoms with Crippen LogP contribution < -0.4 is 4.74 Å². The van der Waals surface area contributed by atoms with E-state index in [9.17, 15) is 19.2 Å². The molecular weight excluding hydrogens is 610 g/mol. The zero-order valence-corrected chi connectivity index (χ0v) is 25.8. The van der Waals surface area contributed by atoms with Gasteiger partial charge < -0.3 is 28.4 Å². The predicted molar refractivity (Wildman–Crippen MR) is 157 cm³/mol. The summed E-state index contributed by atoms with van der Waals surface area (Å²) in [6.45, 7) is 4.31. The summed E-state index contributed by atoms with van der Waals surface area (Å²) in [5.41, 5.74) is 0.210. The van der Waals surface area contributed by atoms with Crippen LogP contribution in [0.5, 0.6) is 5.75 Å². The summed E-state index contributed by atoms with van der Waals surface area (Å²) in [6.07, 6.45) is -0.261. The summed E-state index contributed by atoms with van der Waals surface area (Å²) in [5.74, 6) is -1.80. The van der Waals surface area contributed by atoms with E-state index in [0.717, 1.165) is 31.2 Å². The number of pyridine rings is 1. The highest BCUT2D eigenvalue weighted by Crippen LogP contribution is 2.38. The van der Waals surface area contributed by atoms with Crippen LogP contribution in [0.2, 0.25) is 0 Å². The minimum Gasteiger partial charge on any atom is -0.497 e. The van der Waals surface area contributed by atoms with Crippen molar-refractivity contribution in [2.24, 2.45) is 5.10 Å². The molecule has 1 aromatic carbocycles. The van der Waals surface area contributed by atoms with Crippen LogP contribution in [0.1, 0.15) is 33.3 Å². The second-order valence-electron chi connectivity index (χ2n) is 9.56. The second-order valence-corrected chi connectivity index (χ2v) is 10.6. The third-order valence-electron chi connectivity index (χ3n) is 6.14. The SMILES string of the molecule is COc1ccc(/C=N/n2c(S[C@@H]3O[C@H](COC(C)=O)[C@@H](OC(C)=O)[C@H](OC(C)=O)[C@H]3OC(C)=O)nnc2-c2cccnc2)cc1. The molecule has 0 unspecified atom stereocenters. The molecule has 0 saturated carbocycles. The van der Waals surface area contributed by atoms with E-state index < -0.39 is 53.7 Å². The van der Waals surface area contributed by atoms with Crippen molar-refractivity contribution in [2.45, 2.75) is 62.7 Å². The summed E-state index contributed by atoms with van der Waals surface area (Å²) in [7, 11) is 1.57. The molecule has 0 spiro atoms. The van der Waals surface area contributed by atoms with Gasteiger partial charge in [0.2, 0.25) is 5.16 Å². The number of carbonyl (C=O) groups excluding carboxylic acids is 4. The minimum atomic E-state index is -1.33. The molecule has 1 saturated heterocycles.